The van der Waals surface area contributed by atoms with Gasteiger partial charge in [-0.3, -0.25) is 0 Å². The van der Waals surface area contributed by atoms with Crippen LogP contribution in [0, 0.1) is 16.7 Å². The molecule has 0 aliphatic heterocycles. The lowest BCUT2D eigenvalue weighted by Gasteiger charge is -2.42. The minimum Gasteiger partial charge on any atom is -0.0620 e. The normalized spacial score (nSPS) is 39.5. The Morgan fingerprint density at radius 3 is 2.00 bits per heavy atom. The fraction of sp³-hybridized carbons (Fsp3) is 1.00. The second-order valence-electron chi connectivity index (χ2n) is 5.46. The molecule has 0 radical (unpaired) electrons. The van der Waals surface area contributed by atoms with Crippen LogP contribution in [0.1, 0.15) is 53.9 Å². The molecule has 0 heterocycles. The summed E-state index contributed by atoms with van der Waals surface area (Å²) in [5, 5.41) is 0. The molecule has 0 amide bonds. The molecule has 0 aromatic rings. The molecule has 0 spiro atoms. The van der Waals surface area contributed by atoms with Crippen molar-refractivity contribution < 1.29 is 0 Å². The van der Waals surface area contributed by atoms with Crippen molar-refractivity contribution in [2.24, 2.45) is 16.7 Å². The van der Waals surface area contributed by atoms with Crippen LogP contribution in [0.2, 0.25) is 0 Å². The zero-order valence-corrected chi connectivity index (χ0v) is 8.70. The lowest BCUT2D eigenvalue weighted by Crippen LogP contribution is -2.34. The van der Waals surface area contributed by atoms with Crippen molar-refractivity contribution in [3.05, 3.63) is 0 Å². The molecule has 0 heteroatoms. The van der Waals surface area contributed by atoms with Crippen molar-refractivity contribution >= 4 is 0 Å². The summed E-state index contributed by atoms with van der Waals surface area (Å²) in [6.45, 7) is 12.0. The van der Waals surface area contributed by atoms with Gasteiger partial charge in [0.2, 0.25) is 0 Å². The number of hydrogen-bond donors (Lipinski definition) is 0. The summed E-state index contributed by atoms with van der Waals surface area (Å²) in [6, 6.07) is 0. The summed E-state index contributed by atoms with van der Waals surface area (Å²) in [6.07, 6.45) is 4.31. The molecule has 66 valence electrons. The molecule has 1 aliphatic carbocycles. The summed E-state index contributed by atoms with van der Waals surface area (Å²) in [7, 11) is 0. The van der Waals surface area contributed by atoms with E-state index in [1.165, 1.54) is 19.3 Å². The maximum absolute atomic E-state index is 2.46. The molecule has 1 rings (SSSR count). The Morgan fingerprint density at radius 1 is 1.27 bits per heavy atom. The molecule has 0 N–H and O–H groups in total. The van der Waals surface area contributed by atoms with E-state index in [0.29, 0.717) is 10.8 Å². The van der Waals surface area contributed by atoms with Gasteiger partial charge in [0.15, 0.2) is 0 Å². The summed E-state index contributed by atoms with van der Waals surface area (Å²) >= 11 is 0. The first kappa shape index (κ1) is 9.09. The molecule has 0 nitrogen and oxygen atoms in total. The minimum atomic E-state index is 0.489. The van der Waals surface area contributed by atoms with Crippen molar-refractivity contribution in [1.82, 2.24) is 0 Å². The highest BCUT2D eigenvalue weighted by Gasteiger charge is 2.44. The van der Waals surface area contributed by atoms with Crippen LogP contribution >= 0.6 is 0 Å². The van der Waals surface area contributed by atoms with Crippen LogP contribution in [0.5, 0.6) is 0 Å². The molecular formula is C11H22. The number of rotatable bonds is 0. The van der Waals surface area contributed by atoms with Crippen molar-refractivity contribution in [2.75, 3.05) is 0 Å². The maximum atomic E-state index is 2.46. The largest absolute Gasteiger partial charge is 0.0620 e. The van der Waals surface area contributed by atoms with E-state index in [1.807, 2.05) is 0 Å². The van der Waals surface area contributed by atoms with Gasteiger partial charge in [-0.1, -0.05) is 47.5 Å². The van der Waals surface area contributed by atoms with Gasteiger partial charge in [-0.25, -0.2) is 0 Å². The fourth-order valence-corrected chi connectivity index (χ4v) is 2.45. The first-order valence-electron chi connectivity index (χ1n) is 4.88. The van der Waals surface area contributed by atoms with Gasteiger partial charge in [0.05, 0.1) is 0 Å². The average Bonchev–Trinajstić information content (AvgIpc) is 2.12. The Balaban J connectivity index is 2.81. The third kappa shape index (κ3) is 1.32. The van der Waals surface area contributed by atoms with Gasteiger partial charge in [0, 0.05) is 0 Å². The fourth-order valence-electron chi connectivity index (χ4n) is 2.45. The zero-order chi connectivity index (χ0) is 8.70. The summed E-state index contributed by atoms with van der Waals surface area (Å²) in [4.78, 5) is 0. The van der Waals surface area contributed by atoms with Crippen molar-refractivity contribution in [3.63, 3.8) is 0 Å². The second kappa shape index (κ2) is 2.50. The van der Waals surface area contributed by atoms with Crippen molar-refractivity contribution in [2.45, 2.75) is 53.9 Å². The van der Waals surface area contributed by atoms with Gasteiger partial charge in [0.25, 0.3) is 0 Å². The van der Waals surface area contributed by atoms with Crippen LogP contribution < -0.4 is 0 Å². The van der Waals surface area contributed by atoms with Gasteiger partial charge in [0.1, 0.15) is 0 Å². The van der Waals surface area contributed by atoms with Gasteiger partial charge >= 0.3 is 0 Å². The Morgan fingerprint density at radius 2 is 1.82 bits per heavy atom. The van der Waals surface area contributed by atoms with Crippen LogP contribution in [-0.4, -0.2) is 0 Å². The summed E-state index contributed by atoms with van der Waals surface area (Å²) < 4.78 is 0. The smallest absolute Gasteiger partial charge is 0.0252 e. The standard InChI is InChI=1S/C11H22/c1-9-7-6-8-11(9,5)10(2,3)4/h9H,6-8H2,1-5H3. The Labute approximate surface area is 71.4 Å². The van der Waals surface area contributed by atoms with Crippen LogP contribution in [0.25, 0.3) is 0 Å². The zero-order valence-electron chi connectivity index (χ0n) is 8.70. The van der Waals surface area contributed by atoms with E-state index >= 15 is 0 Å². The molecule has 11 heavy (non-hydrogen) atoms. The van der Waals surface area contributed by atoms with E-state index < -0.39 is 0 Å². The van der Waals surface area contributed by atoms with Gasteiger partial charge < -0.3 is 0 Å². The lowest BCUT2D eigenvalue weighted by molar-refractivity contribution is 0.0692. The Bertz CT molecular complexity index is 141. The third-order valence-corrected chi connectivity index (χ3v) is 4.13. The molecule has 0 aromatic heterocycles. The lowest BCUT2D eigenvalue weighted by atomic mass is 9.63. The van der Waals surface area contributed by atoms with Gasteiger partial charge in [-0.05, 0) is 23.2 Å². The SMILES string of the molecule is CC1CCCC1(C)C(C)(C)C. The van der Waals surface area contributed by atoms with E-state index in [-0.39, 0.29) is 0 Å². The predicted octanol–water partition coefficient (Wildman–Crippen LogP) is 3.86. The van der Waals surface area contributed by atoms with Gasteiger partial charge in [-0.15, -0.1) is 0 Å². The topological polar surface area (TPSA) is 0 Å². The van der Waals surface area contributed by atoms with E-state index in [2.05, 4.69) is 34.6 Å². The highest BCUT2D eigenvalue weighted by atomic mass is 14.5. The molecule has 0 saturated heterocycles. The molecule has 1 aliphatic rings. The van der Waals surface area contributed by atoms with Crippen LogP contribution in [0.4, 0.5) is 0 Å². The first-order valence-corrected chi connectivity index (χ1v) is 4.88. The highest BCUT2D eigenvalue weighted by molar-refractivity contribution is 4.94. The summed E-state index contributed by atoms with van der Waals surface area (Å²) in [5.74, 6) is 0.919. The highest BCUT2D eigenvalue weighted by Crippen LogP contribution is 2.53. The molecule has 2 atom stereocenters. The van der Waals surface area contributed by atoms with Gasteiger partial charge in [-0.2, -0.15) is 0 Å². The summed E-state index contributed by atoms with van der Waals surface area (Å²) in [5.41, 5.74) is 1.08. The van der Waals surface area contributed by atoms with Crippen LogP contribution in [-0.2, 0) is 0 Å². The maximum Gasteiger partial charge on any atom is -0.0252 e. The molecular weight excluding hydrogens is 132 g/mol. The van der Waals surface area contributed by atoms with E-state index in [1.54, 1.807) is 0 Å². The van der Waals surface area contributed by atoms with E-state index in [9.17, 15) is 0 Å². The first-order chi connectivity index (χ1) is 4.88. The quantitative estimate of drug-likeness (QED) is 0.497. The minimum absolute atomic E-state index is 0.489. The van der Waals surface area contributed by atoms with E-state index in [0.717, 1.165) is 5.92 Å². The van der Waals surface area contributed by atoms with Crippen LogP contribution in [0.3, 0.4) is 0 Å². The number of hydrogen-bond acceptors (Lipinski definition) is 0. The van der Waals surface area contributed by atoms with Crippen molar-refractivity contribution in [1.29, 1.82) is 0 Å². The van der Waals surface area contributed by atoms with Crippen LogP contribution in [0.15, 0.2) is 0 Å². The third-order valence-electron chi connectivity index (χ3n) is 4.13. The molecule has 1 fully saturated rings. The predicted molar refractivity (Wildman–Crippen MR) is 50.6 cm³/mol. The monoisotopic (exact) mass is 154 g/mol. The van der Waals surface area contributed by atoms with Crippen molar-refractivity contribution in [3.8, 4) is 0 Å². The molecule has 2 unspecified atom stereocenters. The molecule has 0 bridgehead atoms. The second-order valence-corrected chi connectivity index (χ2v) is 5.46. The average molecular weight is 154 g/mol. The van der Waals surface area contributed by atoms with E-state index in [4.69, 9.17) is 0 Å². The molecule has 1 saturated carbocycles. The molecule has 0 aromatic carbocycles. The Hall–Kier alpha value is 0. The Kier molecular flexibility index (Phi) is 2.07.